The first-order valence-electron chi connectivity index (χ1n) is 6.46. The molecule has 0 atom stereocenters. The largest absolute Gasteiger partial charge is 0.507 e. The Hall–Kier alpha value is -2.81. The van der Waals surface area contributed by atoms with E-state index in [0.717, 1.165) is 12.8 Å². The summed E-state index contributed by atoms with van der Waals surface area (Å²) in [6, 6.07) is 5.62. The second kappa shape index (κ2) is 7.70. The lowest BCUT2D eigenvalue weighted by Crippen LogP contribution is -2.25. The number of nitriles is 1. The van der Waals surface area contributed by atoms with E-state index in [1.807, 2.05) is 6.92 Å². The summed E-state index contributed by atoms with van der Waals surface area (Å²) >= 11 is 0. The highest BCUT2D eigenvalue weighted by molar-refractivity contribution is 6.02. The summed E-state index contributed by atoms with van der Waals surface area (Å²) in [7, 11) is 0. The number of carboxylic acid groups (broad SMARTS) is 1. The quantitative estimate of drug-likeness (QED) is 0.421. The van der Waals surface area contributed by atoms with Gasteiger partial charge in [0.15, 0.2) is 0 Å². The maximum Gasteiger partial charge on any atom is 0.339 e. The highest BCUT2D eigenvalue weighted by Gasteiger charge is 2.12. The van der Waals surface area contributed by atoms with Crippen molar-refractivity contribution in [1.29, 1.82) is 5.26 Å². The second-order valence-corrected chi connectivity index (χ2v) is 4.36. The molecule has 0 unspecified atom stereocenters. The van der Waals surface area contributed by atoms with Gasteiger partial charge in [0.25, 0.3) is 5.91 Å². The van der Waals surface area contributed by atoms with Crippen LogP contribution in [0.2, 0.25) is 0 Å². The van der Waals surface area contributed by atoms with E-state index in [0.29, 0.717) is 12.1 Å². The first kappa shape index (κ1) is 16.2. The third kappa shape index (κ3) is 4.66. The lowest BCUT2D eigenvalue weighted by molar-refractivity contribution is -0.117. The zero-order valence-electron chi connectivity index (χ0n) is 11.6. The highest BCUT2D eigenvalue weighted by Crippen LogP contribution is 2.20. The molecule has 6 heteroatoms. The molecular weight excluding hydrogens is 272 g/mol. The Balaban J connectivity index is 2.98. The van der Waals surface area contributed by atoms with Crippen molar-refractivity contribution in [2.45, 2.75) is 19.8 Å². The van der Waals surface area contributed by atoms with E-state index in [4.69, 9.17) is 10.4 Å². The summed E-state index contributed by atoms with van der Waals surface area (Å²) in [6.07, 6.45) is 3.02. The van der Waals surface area contributed by atoms with Crippen LogP contribution in [-0.2, 0) is 4.79 Å². The molecule has 0 spiro atoms. The molecule has 0 aliphatic heterocycles. The van der Waals surface area contributed by atoms with Gasteiger partial charge in [0.05, 0.1) is 0 Å². The number of aromatic hydroxyl groups is 1. The Morgan fingerprint density at radius 2 is 2.14 bits per heavy atom. The Bertz CT molecular complexity index is 615. The van der Waals surface area contributed by atoms with Gasteiger partial charge in [-0.2, -0.15) is 5.26 Å². The zero-order chi connectivity index (χ0) is 15.8. The third-order valence-corrected chi connectivity index (χ3v) is 2.74. The average Bonchev–Trinajstić information content (AvgIpc) is 2.46. The smallest absolute Gasteiger partial charge is 0.339 e. The topological polar surface area (TPSA) is 110 Å². The molecule has 1 aromatic rings. The molecule has 0 bridgehead atoms. The van der Waals surface area contributed by atoms with Gasteiger partial charge in [0.1, 0.15) is 23.0 Å². The van der Waals surface area contributed by atoms with Crippen LogP contribution in [0.25, 0.3) is 6.08 Å². The molecule has 0 radical (unpaired) electrons. The molecule has 0 fully saturated rings. The number of hydrogen-bond acceptors (Lipinski definition) is 4. The van der Waals surface area contributed by atoms with Crippen LogP contribution < -0.4 is 5.32 Å². The van der Waals surface area contributed by atoms with Crippen molar-refractivity contribution < 1.29 is 19.8 Å². The number of aromatic carboxylic acids is 1. The molecule has 0 aliphatic carbocycles. The number of unbranched alkanes of at least 4 members (excludes halogenated alkanes) is 1. The highest BCUT2D eigenvalue weighted by atomic mass is 16.4. The molecule has 1 aromatic carbocycles. The van der Waals surface area contributed by atoms with Crippen molar-refractivity contribution in [2.24, 2.45) is 0 Å². The van der Waals surface area contributed by atoms with Crippen molar-refractivity contribution in [2.75, 3.05) is 6.54 Å². The van der Waals surface area contributed by atoms with Crippen LogP contribution in [0.15, 0.2) is 23.8 Å². The fourth-order valence-electron chi connectivity index (χ4n) is 1.60. The molecule has 1 amide bonds. The number of phenols is 1. The van der Waals surface area contributed by atoms with Crippen LogP contribution in [0, 0.1) is 11.3 Å². The van der Waals surface area contributed by atoms with Crippen molar-refractivity contribution in [3.8, 4) is 11.8 Å². The van der Waals surface area contributed by atoms with E-state index >= 15 is 0 Å². The van der Waals surface area contributed by atoms with Gasteiger partial charge in [-0.15, -0.1) is 0 Å². The van der Waals surface area contributed by atoms with Crippen molar-refractivity contribution >= 4 is 18.0 Å². The first-order chi connectivity index (χ1) is 9.99. The van der Waals surface area contributed by atoms with E-state index in [-0.39, 0.29) is 16.9 Å². The summed E-state index contributed by atoms with van der Waals surface area (Å²) < 4.78 is 0. The molecule has 0 aliphatic rings. The van der Waals surface area contributed by atoms with Crippen molar-refractivity contribution in [3.05, 3.63) is 34.9 Å². The molecule has 0 saturated carbocycles. The van der Waals surface area contributed by atoms with Gasteiger partial charge in [0, 0.05) is 6.54 Å². The molecule has 6 nitrogen and oxygen atoms in total. The predicted octanol–water partition coefficient (Wildman–Crippen LogP) is 1.91. The molecule has 0 saturated heterocycles. The molecule has 0 aromatic heterocycles. The molecule has 21 heavy (non-hydrogen) atoms. The fraction of sp³-hybridized carbons (Fsp3) is 0.267. The van der Waals surface area contributed by atoms with Crippen molar-refractivity contribution in [3.63, 3.8) is 0 Å². The number of nitrogens with zero attached hydrogens (tertiary/aromatic N) is 1. The second-order valence-electron chi connectivity index (χ2n) is 4.36. The monoisotopic (exact) mass is 288 g/mol. The Morgan fingerprint density at radius 3 is 2.71 bits per heavy atom. The number of amides is 1. The van der Waals surface area contributed by atoms with Crippen molar-refractivity contribution in [1.82, 2.24) is 5.32 Å². The number of rotatable bonds is 6. The summed E-state index contributed by atoms with van der Waals surface area (Å²) in [5.41, 5.74) is -0.0482. The van der Waals surface area contributed by atoms with Crippen LogP contribution in [0.1, 0.15) is 35.7 Å². The Morgan fingerprint density at radius 1 is 1.43 bits per heavy atom. The first-order valence-corrected chi connectivity index (χ1v) is 6.46. The maximum absolute atomic E-state index is 11.8. The number of carbonyl (C=O) groups is 2. The Labute approximate surface area is 122 Å². The number of nitrogens with one attached hydrogen (secondary N) is 1. The van der Waals surface area contributed by atoms with Crippen LogP contribution >= 0.6 is 0 Å². The van der Waals surface area contributed by atoms with E-state index in [1.54, 1.807) is 6.07 Å². The molecule has 0 heterocycles. The minimum Gasteiger partial charge on any atom is -0.507 e. The van der Waals surface area contributed by atoms with Gasteiger partial charge in [-0.25, -0.2) is 4.79 Å². The molecular formula is C15H16N2O4. The third-order valence-electron chi connectivity index (χ3n) is 2.74. The average molecular weight is 288 g/mol. The van der Waals surface area contributed by atoms with E-state index in [9.17, 15) is 14.7 Å². The summed E-state index contributed by atoms with van der Waals surface area (Å²) in [4.78, 5) is 22.7. The summed E-state index contributed by atoms with van der Waals surface area (Å²) in [5.74, 6) is -2.16. The summed E-state index contributed by atoms with van der Waals surface area (Å²) in [5, 5.41) is 29.9. The van der Waals surface area contributed by atoms with Gasteiger partial charge in [-0.05, 0) is 30.2 Å². The summed E-state index contributed by atoms with van der Waals surface area (Å²) in [6.45, 7) is 2.46. The normalized spacial score (nSPS) is 10.8. The maximum atomic E-state index is 11.8. The molecule has 3 N–H and O–H groups in total. The number of carbonyl (C=O) groups excluding carboxylic acids is 1. The van der Waals surface area contributed by atoms with Crippen LogP contribution in [0.3, 0.4) is 0 Å². The number of carboxylic acids is 1. The van der Waals surface area contributed by atoms with Gasteiger partial charge >= 0.3 is 5.97 Å². The van der Waals surface area contributed by atoms with Gasteiger partial charge in [-0.3, -0.25) is 4.79 Å². The van der Waals surface area contributed by atoms with Gasteiger partial charge in [-0.1, -0.05) is 19.4 Å². The minimum atomic E-state index is -1.28. The van der Waals surface area contributed by atoms with Crippen LogP contribution in [0.5, 0.6) is 5.75 Å². The Kier molecular flexibility index (Phi) is 5.96. The van der Waals surface area contributed by atoms with Crippen LogP contribution in [-0.4, -0.2) is 28.6 Å². The number of benzene rings is 1. The lowest BCUT2D eigenvalue weighted by Gasteiger charge is -2.04. The zero-order valence-corrected chi connectivity index (χ0v) is 11.6. The fourth-order valence-corrected chi connectivity index (χ4v) is 1.60. The van der Waals surface area contributed by atoms with E-state index < -0.39 is 11.9 Å². The van der Waals surface area contributed by atoms with E-state index in [2.05, 4.69) is 5.32 Å². The minimum absolute atomic E-state index is 0.117. The predicted molar refractivity (Wildman–Crippen MR) is 76.6 cm³/mol. The standard InChI is InChI=1S/C15H16N2O4/c1-2-3-6-17-14(19)11(9-16)7-10-4-5-13(18)12(8-10)15(20)21/h4-5,7-8,18H,2-3,6H2,1H3,(H,17,19)(H,20,21)/b11-7+. The molecule has 1 rings (SSSR count). The van der Waals surface area contributed by atoms with Gasteiger partial charge < -0.3 is 15.5 Å². The van der Waals surface area contributed by atoms with E-state index in [1.165, 1.54) is 24.3 Å². The molecule has 110 valence electrons. The van der Waals surface area contributed by atoms with Gasteiger partial charge in [0.2, 0.25) is 0 Å². The lowest BCUT2D eigenvalue weighted by atomic mass is 10.1. The number of hydrogen-bond donors (Lipinski definition) is 3. The SMILES string of the molecule is CCCCNC(=O)/C(C#N)=C/c1ccc(O)c(C(=O)O)c1. The van der Waals surface area contributed by atoms with Crippen LogP contribution in [0.4, 0.5) is 0 Å².